The molecule has 6 atom stereocenters. The Labute approximate surface area is 137 Å². The molecular formula is C12H14O13. The van der Waals surface area contributed by atoms with E-state index in [1.54, 1.807) is 0 Å². The van der Waals surface area contributed by atoms with Crippen molar-refractivity contribution in [3.63, 3.8) is 0 Å². The Morgan fingerprint density at radius 1 is 0.920 bits per heavy atom. The van der Waals surface area contributed by atoms with Crippen LogP contribution in [0.3, 0.4) is 0 Å². The fourth-order valence-electron chi connectivity index (χ4n) is 2.76. The molecule has 3 saturated heterocycles. The maximum absolute atomic E-state index is 12.1. The van der Waals surface area contributed by atoms with Crippen molar-refractivity contribution in [1.82, 2.24) is 0 Å². The molecule has 13 nitrogen and oxygen atoms in total. The van der Waals surface area contributed by atoms with Gasteiger partial charge in [0.1, 0.15) is 12.7 Å². The molecule has 25 heavy (non-hydrogen) atoms. The van der Waals surface area contributed by atoms with Crippen molar-refractivity contribution in [2.45, 2.75) is 48.2 Å². The Bertz CT molecular complexity index is 649. The van der Waals surface area contributed by atoms with Gasteiger partial charge in [-0.3, -0.25) is 14.3 Å². The lowest BCUT2D eigenvalue weighted by Gasteiger charge is -2.53. The highest BCUT2D eigenvalue weighted by molar-refractivity contribution is 5.92. The molecule has 140 valence electrons. The van der Waals surface area contributed by atoms with Crippen molar-refractivity contribution in [3.8, 4) is 0 Å². The van der Waals surface area contributed by atoms with Crippen LogP contribution in [0.4, 0.5) is 0 Å². The molecule has 0 saturated carbocycles. The van der Waals surface area contributed by atoms with Crippen LogP contribution in [0.15, 0.2) is 0 Å². The molecule has 3 rings (SSSR count). The highest BCUT2D eigenvalue weighted by Crippen LogP contribution is 2.48. The van der Waals surface area contributed by atoms with Gasteiger partial charge in [0.05, 0.1) is 12.8 Å². The van der Waals surface area contributed by atoms with Crippen LogP contribution in [0, 0.1) is 0 Å². The fraction of sp³-hybridized carbons (Fsp3) is 0.750. The lowest BCUT2D eigenvalue weighted by Crippen LogP contribution is -2.80. The third-order valence-electron chi connectivity index (χ3n) is 4.14. The summed E-state index contributed by atoms with van der Waals surface area (Å²) in [5.41, 5.74) is -2.72. The minimum atomic E-state index is -3.51. The first kappa shape index (κ1) is 17.9. The smallest absolute Gasteiger partial charge is 0.419 e. The predicted octanol–water partition coefficient (Wildman–Crippen LogP) is -5.07. The van der Waals surface area contributed by atoms with E-state index < -0.39 is 72.7 Å². The molecule has 3 heterocycles. The number of aliphatic hydroxyl groups excluding tert-OH is 3. The zero-order chi connectivity index (χ0) is 18.8. The summed E-state index contributed by atoms with van der Waals surface area (Å²) < 4.78 is 18.5. The molecule has 0 amide bonds. The number of rotatable bonds is 1. The first-order valence-corrected chi connectivity index (χ1v) is 6.93. The third kappa shape index (κ3) is 2.25. The maximum Gasteiger partial charge on any atom is 0.451 e. The molecule has 1 spiro atoms. The van der Waals surface area contributed by atoms with Crippen molar-refractivity contribution < 1.29 is 64.0 Å². The molecule has 0 aromatic heterocycles. The maximum atomic E-state index is 12.1. The van der Waals surface area contributed by atoms with Crippen LogP contribution in [0.1, 0.15) is 12.8 Å². The average molecular weight is 366 g/mol. The van der Waals surface area contributed by atoms with E-state index >= 15 is 0 Å². The van der Waals surface area contributed by atoms with E-state index in [2.05, 4.69) is 14.2 Å². The third-order valence-corrected chi connectivity index (χ3v) is 4.14. The van der Waals surface area contributed by atoms with Gasteiger partial charge in [-0.15, -0.1) is 0 Å². The topological polar surface area (TPSA) is 210 Å². The zero-order valence-electron chi connectivity index (χ0n) is 12.3. The molecule has 0 aliphatic carbocycles. The molecule has 0 aromatic carbocycles. The SMILES string of the molecule is O=C1CC2(O)CC(=O)O[C@]3(O)[C@@H](O)[C@H](O)[C@](O)(CO)OC3(O1)OC2=O. The van der Waals surface area contributed by atoms with E-state index in [-0.39, 0.29) is 0 Å². The van der Waals surface area contributed by atoms with Crippen LogP contribution in [-0.2, 0) is 33.3 Å². The van der Waals surface area contributed by atoms with Gasteiger partial charge in [-0.2, -0.15) is 0 Å². The average Bonchev–Trinajstić information content (AvgIpc) is 2.56. The summed E-state index contributed by atoms with van der Waals surface area (Å²) in [4.78, 5) is 36.0. The van der Waals surface area contributed by atoms with Gasteiger partial charge in [0.15, 0.2) is 11.7 Å². The normalized spacial score (nSPS) is 49.9. The molecule has 3 aliphatic rings. The van der Waals surface area contributed by atoms with Crippen molar-refractivity contribution in [1.29, 1.82) is 0 Å². The number of fused-ring (bicyclic) bond motifs is 2. The summed E-state index contributed by atoms with van der Waals surface area (Å²) in [5.74, 6) is -14.7. The van der Waals surface area contributed by atoms with Gasteiger partial charge in [0, 0.05) is 0 Å². The largest absolute Gasteiger partial charge is 0.451 e. The lowest BCUT2D eigenvalue weighted by molar-refractivity contribution is -0.549. The van der Waals surface area contributed by atoms with Crippen molar-refractivity contribution in [2.75, 3.05) is 6.61 Å². The van der Waals surface area contributed by atoms with Gasteiger partial charge in [0.25, 0.3) is 0 Å². The zero-order valence-corrected chi connectivity index (χ0v) is 12.3. The van der Waals surface area contributed by atoms with E-state index in [1.165, 1.54) is 0 Å². The van der Waals surface area contributed by atoms with Crippen LogP contribution in [0.5, 0.6) is 0 Å². The standard InChI is InChI=1S/C12H14O13/c13-3-10(20)6(16)7(17)11(21)12(25-10)23-5(15)2-9(19,8(18)24-12)1-4(14)22-11/h6-7,13,16-17,19-21H,1-3H2/t6-,7-,9?,10-,11+,12?/m0/s1. The summed E-state index contributed by atoms with van der Waals surface area (Å²) in [6.45, 7) is -1.42. The first-order chi connectivity index (χ1) is 11.4. The van der Waals surface area contributed by atoms with Gasteiger partial charge >= 0.3 is 29.7 Å². The van der Waals surface area contributed by atoms with Crippen molar-refractivity contribution in [3.05, 3.63) is 0 Å². The van der Waals surface area contributed by atoms with Crippen molar-refractivity contribution >= 4 is 17.9 Å². The van der Waals surface area contributed by atoms with Gasteiger partial charge < -0.3 is 44.8 Å². The van der Waals surface area contributed by atoms with E-state index in [9.17, 15) is 45.0 Å². The Hall–Kier alpha value is -1.87. The van der Waals surface area contributed by atoms with Gasteiger partial charge in [0.2, 0.25) is 5.79 Å². The number of aliphatic hydroxyl groups is 6. The summed E-state index contributed by atoms with van der Waals surface area (Å²) >= 11 is 0. The van der Waals surface area contributed by atoms with E-state index in [0.29, 0.717) is 0 Å². The summed E-state index contributed by atoms with van der Waals surface area (Å²) in [6, 6.07) is 0. The second-order valence-corrected chi connectivity index (χ2v) is 5.97. The van der Waals surface area contributed by atoms with Crippen LogP contribution in [0.25, 0.3) is 0 Å². The Morgan fingerprint density at radius 2 is 1.48 bits per heavy atom. The monoisotopic (exact) mass is 366 g/mol. The van der Waals surface area contributed by atoms with Crippen LogP contribution >= 0.6 is 0 Å². The van der Waals surface area contributed by atoms with Crippen LogP contribution in [0.2, 0.25) is 0 Å². The lowest BCUT2D eigenvalue weighted by atomic mass is 9.90. The summed E-state index contributed by atoms with van der Waals surface area (Å²) in [6.07, 6.45) is -7.39. The van der Waals surface area contributed by atoms with E-state index in [1.807, 2.05) is 0 Å². The Balaban J connectivity index is 2.23. The van der Waals surface area contributed by atoms with Crippen molar-refractivity contribution in [2.24, 2.45) is 0 Å². The van der Waals surface area contributed by atoms with Gasteiger partial charge in [-0.05, 0) is 0 Å². The quantitative estimate of drug-likeness (QED) is 0.240. The number of ether oxygens (including phenoxy) is 4. The number of hydrogen-bond acceptors (Lipinski definition) is 13. The van der Waals surface area contributed by atoms with Crippen LogP contribution < -0.4 is 0 Å². The molecule has 3 fully saturated rings. The molecule has 3 aliphatic heterocycles. The second-order valence-electron chi connectivity index (χ2n) is 5.97. The second kappa shape index (κ2) is 5.07. The molecule has 0 aromatic rings. The number of carbonyl (C=O) groups excluding carboxylic acids is 3. The number of hydrogen-bond donors (Lipinski definition) is 6. The molecule has 13 heteroatoms. The minimum absolute atomic E-state index is 1.10. The molecule has 2 unspecified atom stereocenters. The summed E-state index contributed by atoms with van der Waals surface area (Å²) in [7, 11) is 0. The number of esters is 3. The summed E-state index contributed by atoms with van der Waals surface area (Å²) in [5, 5.41) is 59.9. The first-order valence-electron chi connectivity index (χ1n) is 6.93. The highest BCUT2D eigenvalue weighted by Gasteiger charge is 2.79. The predicted molar refractivity (Wildman–Crippen MR) is 65.3 cm³/mol. The van der Waals surface area contributed by atoms with E-state index in [0.717, 1.165) is 0 Å². The fourth-order valence-corrected chi connectivity index (χ4v) is 2.76. The molecule has 0 radical (unpaired) electrons. The molecule has 2 bridgehead atoms. The Kier molecular flexibility index (Phi) is 3.64. The molecule has 6 N–H and O–H groups in total. The molecular weight excluding hydrogens is 352 g/mol. The Morgan fingerprint density at radius 3 is 2.04 bits per heavy atom. The van der Waals surface area contributed by atoms with E-state index in [4.69, 9.17) is 4.74 Å². The van der Waals surface area contributed by atoms with Crippen LogP contribution in [-0.4, -0.2) is 90.5 Å². The highest BCUT2D eigenvalue weighted by atomic mass is 17.0. The van der Waals surface area contributed by atoms with Gasteiger partial charge in [-0.25, -0.2) is 4.79 Å². The number of carbonyl (C=O) groups is 3. The van der Waals surface area contributed by atoms with Gasteiger partial charge in [-0.1, -0.05) is 0 Å². The minimum Gasteiger partial charge on any atom is -0.419 e.